The summed E-state index contributed by atoms with van der Waals surface area (Å²) < 4.78 is 0. The Morgan fingerprint density at radius 1 is 1.19 bits per heavy atom. The highest BCUT2D eigenvalue weighted by Crippen LogP contribution is 2.30. The summed E-state index contributed by atoms with van der Waals surface area (Å²) in [7, 11) is 1.80. The summed E-state index contributed by atoms with van der Waals surface area (Å²) >= 11 is 0. The molecule has 0 fully saturated rings. The lowest BCUT2D eigenvalue weighted by Crippen LogP contribution is -2.51. The van der Waals surface area contributed by atoms with Crippen LogP contribution in [0.15, 0.2) is 53.5 Å². The van der Waals surface area contributed by atoms with E-state index in [-0.39, 0.29) is 23.7 Å². The van der Waals surface area contributed by atoms with Crippen LogP contribution in [0, 0.1) is 12.8 Å². The van der Waals surface area contributed by atoms with Gasteiger partial charge >= 0.3 is 0 Å². The summed E-state index contributed by atoms with van der Waals surface area (Å²) in [6, 6.07) is 15.6. The van der Waals surface area contributed by atoms with Crippen molar-refractivity contribution >= 4 is 17.8 Å². The minimum Gasteiger partial charge on any atom is -0.369 e. The molecule has 1 aliphatic heterocycles. The van der Waals surface area contributed by atoms with Crippen LogP contribution in [0.3, 0.4) is 0 Å². The van der Waals surface area contributed by atoms with Crippen LogP contribution in [0.2, 0.25) is 0 Å². The second kappa shape index (κ2) is 8.92. The van der Waals surface area contributed by atoms with E-state index >= 15 is 0 Å². The summed E-state index contributed by atoms with van der Waals surface area (Å²) in [5, 5.41) is 0. The Bertz CT molecular complexity index is 1000. The van der Waals surface area contributed by atoms with Crippen LogP contribution in [0.1, 0.15) is 54.2 Å². The molecule has 0 spiro atoms. The van der Waals surface area contributed by atoms with Crippen LogP contribution in [0.5, 0.6) is 0 Å². The van der Waals surface area contributed by atoms with E-state index in [1.54, 1.807) is 11.9 Å². The molecule has 0 aromatic heterocycles. The number of aliphatic imine (C=N–C) groups is 1. The Balaban J connectivity index is 1.80. The lowest BCUT2D eigenvalue weighted by Gasteiger charge is -2.37. The number of aryl methyl sites for hydroxylation is 1. The van der Waals surface area contributed by atoms with E-state index in [1.807, 2.05) is 76.2 Å². The molecule has 0 bridgehead atoms. The molecule has 3 rings (SSSR count). The van der Waals surface area contributed by atoms with Crippen LogP contribution in [-0.4, -0.2) is 40.2 Å². The van der Waals surface area contributed by atoms with Gasteiger partial charge in [0.25, 0.3) is 5.91 Å². The fourth-order valence-electron chi connectivity index (χ4n) is 3.71. The van der Waals surface area contributed by atoms with Gasteiger partial charge in [-0.2, -0.15) is 0 Å². The van der Waals surface area contributed by atoms with Gasteiger partial charge in [-0.1, -0.05) is 56.3 Å². The lowest BCUT2D eigenvalue weighted by atomic mass is 9.84. The van der Waals surface area contributed by atoms with Gasteiger partial charge in [-0.25, -0.2) is 4.99 Å². The molecule has 2 aromatic rings. The largest absolute Gasteiger partial charge is 0.369 e. The van der Waals surface area contributed by atoms with Crippen molar-refractivity contribution in [2.45, 2.75) is 52.7 Å². The van der Waals surface area contributed by atoms with Crippen LogP contribution in [0.4, 0.5) is 0 Å². The zero-order valence-corrected chi connectivity index (χ0v) is 19.1. The van der Waals surface area contributed by atoms with Crippen molar-refractivity contribution in [3.63, 3.8) is 0 Å². The molecule has 0 radical (unpaired) electrons. The zero-order valence-electron chi connectivity index (χ0n) is 19.1. The molecule has 1 aliphatic rings. The van der Waals surface area contributed by atoms with Gasteiger partial charge in [0.1, 0.15) is 0 Å². The average Bonchev–Trinajstić information content (AvgIpc) is 2.72. The molecule has 0 aliphatic carbocycles. The molecule has 1 atom stereocenters. The van der Waals surface area contributed by atoms with Crippen molar-refractivity contribution in [1.29, 1.82) is 0 Å². The number of guanidine groups is 1. The van der Waals surface area contributed by atoms with Gasteiger partial charge in [0, 0.05) is 19.2 Å². The van der Waals surface area contributed by atoms with E-state index < -0.39 is 5.54 Å². The maximum Gasteiger partial charge on any atom is 0.254 e. The Labute approximate surface area is 184 Å². The second-order valence-corrected chi connectivity index (χ2v) is 8.93. The fourth-order valence-corrected chi connectivity index (χ4v) is 3.71. The number of amides is 2. The molecular weight excluding hydrogens is 388 g/mol. The van der Waals surface area contributed by atoms with Crippen LogP contribution < -0.4 is 5.73 Å². The maximum absolute atomic E-state index is 13.1. The summed E-state index contributed by atoms with van der Waals surface area (Å²) in [5.41, 5.74) is 9.14. The van der Waals surface area contributed by atoms with Gasteiger partial charge in [-0.15, -0.1) is 0 Å². The van der Waals surface area contributed by atoms with Crippen molar-refractivity contribution in [3.05, 3.63) is 70.8 Å². The molecule has 0 unspecified atom stereocenters. The first-order chi connectivity index (χ1) is 14.6. The van der Waals surface area contributed by atoms with Gasteiger partial charge in [0.05, 0.1) is 18.5 Å². The number of hydrogen-bond acceptors (Lipinski definition) is 4. The van der Waals surface area contributed by atoms with Crippen molar-refractivity contribution in [2.75, 3.05) is 7.05 Å². The van der Waals surface area contributed by atoms with Crippen molar-refractivity contribution in [2.24, 2.45) is 16.6 Å². The van der Waals surface area contributed by atoms with Gasteiger partial charge in [-0.3, -0.25) is 14.5 Å². The molecule has 164 valence electrons. The van der Waals surface area contributed by atoms with E-state index in [0.717, 1.165) is 16.7 Å². The third-order valence-corrected chi connectivity index (χ3v) is 6.18. The monoisotopic (exact) mass is 420 g/mol. The first-order valence-electron chi connectivity index (χ1n) is 10.7. The van der Waals surface area contributed by atoms with Gasteiger partial charge in [0.2, 0.25) is 5.91 Å². The summed E-state index contributed by atoms with van der Waals surface area (Å²) in [6.45, 7) is 8.80. The number of nitrogens with two attached hydrogens (primary N) is 1. The maximum atomic E-state index is 13.1. The molecule has 0 saturated carbocycles. The molecule has 31 heavy (non-hydrogen) atoms. The van der Waals surface area contributed by atoms with Crippen molar-refractivity contribution in [3.8, 4) is 0 Å². The van der Waals surface area contributed by atoms with Crippen LogP contribution >= 0.6 is 0 Å². The Morgan fingerprint density at radius 3 is 2.48 bits per heavy atom. The predicted octanol–water partition coefficient (Wildman–Crippen LogP) is 3.73. The number of hydrogen-bond donors (Lipinski definition) is 1. The second-order valence-electron chi connectivity index (χ2n) is 8.93. The smallest absolute Gasteiger partial charge is 0.254 e. The molecule has 0 saturated heterocycles. The minimum atomic E-state index is -0.480. The van der Waals surface area contributed by atoms with Gasteiger partial charge in [0.15, 0.2) is 5.96 Å². The molecule has 6 heteroatoms. The fraction of sp³-hybridized carbons (Fsp3) is 0.400. The number of benzene rings is 2. The lowest BCUT2D eigenvalue weighted by molar-refractivity contribution is -0.130. The van der Waals surface area contributed by atoms with E-state index in [9.17, 15) is 9.59 Å². The summed E-state index contributed by atoms with van der Waals surface area (Å²) in [4.78, 5) is 33.7. The van der Waals surface area contributed by atoms with Crippen LogP contribution in [-0.2, 0) is 17.9 Å². The average molecular weight is 421 g/mol. The van der Waals surface area contributed by atoms with Crippen LogP contribution in [0.25, 0.3) is 0 Å². The first kappa shape index (κ1) is 22.5. The molecule has 6 nitrogen and oxygen atoms in total. The van der Waals surface area contributed by atoms with Crippen molar-refractivity contribution in [1.82, 2.24) is 9.80 Å². The topological polar surface area (TPSA) is 79.0 Å². The van der Waals surface area contributed by atoms with Gasteiger partial charge < -0.3 is 10.6 Å². The predicted molar refractivity (Wildman–Crippen MR) is 123 cm³/mol. The summed E-state index contributed by atoms with van der Waals surface area (Å²) in [5.74, 6) is 0.351. The highest BCUT2D eigenvalue weighted by atomic mass is 16.2. The number of nitrogens with zero attached hydrogens (tertiary/aromatic N) is 3. The van der Waals surface area contributed by atoms with E-state index in [2.05, 4.69) is 4.99 Å². The van der Waals surface area contributed by atoms with E-state index in [4.69, 9.17) is 5.73 Å². The first-order valence-corrected chi connectivity index (χ1v) is 10.7. The Kier molecular flexibility index (Phi) is 6.48. The minimum absolute atomic E-state index is 0.0432. The Hall–Kier alpha value is -3.15. The third kappa shape index (κ3) is 4.95. The molecule has 2 N–H and O–H groups in total. The molecule has 2 aromatic carbocycles. The summed E-state index contributed by atoms with van der Waals surface area (Å²) in [6.07, 6.45) is 0.322. The number of carbonyl (C=O) groups is 2. The molecular formula is C25H32N4O2. The quantitative estimate of drug-likeness (QED) is 0.773. The highest BCUT2D eigenvalue weighted by Gasteiger charge is 2.38. The highest BCUT2D eigenvalue weighted by molar-refractivity contribution is 5.99. The number of rotatable bonds is 6. The standard InChI is InChI=1S/C25H32N4O2/c1-17(2)25(4)14-22(30)29(24(26)27-25)16-20-12-11-18(3)21(13-20)23(31)28(5)15-19-9-7-6-8-10-19/h6-13,17H,14-16H2,1-5H3,(H2,26,27)/t25-/m0/s1. The van der Waals surface area contributed by atoms with E-state index in [0.29, 0.717) is 25.1 Å². The molecule has 2 amide bonds. The SMILES string of the molecule is Cc1ccc(CN2C(=O)C[C@@](C)(C(C)C)N=C2N)cc1C(=O)N(C)Cc1ccccc1. The third-order valence-electron chi connectivity index (χ3n) is 6.18. The molecule has 1 heterocycles. The Morgan fingerprint density at radius 2 is 1.87 bits per heavy atom. The number of carbonyl (C=O) groups excluding carboxylic acids is 2. The normalized spacial score (nSPS) is 18.8. The zero-order chi connectivity index (χ0) is 22.8. The van der Waals surface area contributed by atoms with Gasteiger partial charge in [-0.05, 0) is 42.5 Å². The van der Waals surface area contributed by atoms with E-state index in [1.165, 1.54) is 4.90 Å². The van der Waals surface area contributed by atoms with Crippen molar-refractivity contribution < 1.29 is 9.59 Å².